The van der Waals surface area contributed by atoms with Crippen LogP contribution >= 0.6 is 0 Å². The average Bonchev–Trinajstić information content (AvgIpc) is 3.11. The van der Waals surface area contributed by atoms with Crippen molar-refractivity contribution in [3.05, 3.63) is 12.2 Å². The van der Waals surface area contributed by atoms with Gasteiger partial charge in [0.1, 0.15) is 5.52 Å². The second kappa shape index (κ2) is 5.93. The third-order valence-electron chi connectivity index (χ3n) is 3.88. The van der Waals surface area contributed by atoms with Crippen LogP contribution in [0.2, 0.25) is 0 Å². The summed E-state index contributed by atoms with van der Waals surface area (Å²) in [5, 5.41) is 0. The molecular formula is C13H17F3N6O. The van der Waals surface area contributed by atoms with E-state index in [1.807, 2.05) is 6.92 Å². The zero-order valence-corrected chi connectivity index (χ0v) is 12.5. The van der Waals surface area contributed by atoms with Crippen LogP contribution in [0.5, 0.6) is 0 Å². The maximum atomic E-state index is 13.0. The predicted octanol–water partition coefficient (Wildman–Crippen LogP) is 1.17. The Morgan fingerprint density at radius 2 is 2.17 bits per heavy atom. The molecule has 1 aliphatic heterocycles. The number of hydrogen-bond donors (Lipinski definition) is 2. The number of hydrogen-bond acceptors (Lipinski definition) is 6. The van der Waals surface area contributed by atoms with Crippen molar-refractivity contribution in [1.82, 2.24) is 19.9 Å². The van der Waals surface area contributed by atoms with Gasteiger partial charge in [0.25, 0.3) is 0 Å². The van der Waals surface area contributed by atoms with Crippen LogP contribution in [0.4, 0.5) is 19.0 Å². The van der Waals surface area contributed by atoms with E-state index in [0.717, 1.165) is 0 Å². The highest BCUT2D eigenvalue weighted by molar-refractivity contribution is 5.83. The molecular weight excluding hydrogens is 313 g/mol. The molecule has 0 unspecified atom stereocenters. The Balaban J connectivity index is 2.00. The van der Waals surface area contributed by atoms with Crippen molar-refractivity contribution in [2.75, 3.05) is 31.1 Å². The topological polar surface area (TPSA) is 93.0 Å². The highest BCUT2D eigenvalue weighted by Gasteiger charge is 2.39. The summed E-state index contributed by atoms with van der Waals surface area (Å²) < 4.78 is 44.6. The fourth-order valence-corrected chi connectivity index (χ4v) is 2.82. The number of halogens is 3. The molecule has 0 spiro atoms. The van der Waals surface area contributed by atoms with Crippen LogP contribution in [0.25, 0.3) is 11.2 Å². The highest BCUT2D eigenvalue weighted by Crippen LogP contribution is 2.33. The first-order valence-electron chi connectivity index (χ1n) is 7.29. The Morgan fingerprint density at radius 3 is 2.83 bits per heavy atom. The van der Waals surface area contributed by atoms with E-state index in [9.17, 15) is 13.2 Å². The summed E-state index contributed by atoms with van der Waals surface area (Å²) in [7, 11) is 0. The standard InChI is InChI=1S/C13H17F3N6O/c1-2-23-8-5-22(4-7(8)3-17)11-9-10(19-6-18-9)20-12(21-11)13(14,15)16/h6-8H,2-5,17H2,1H3,(H,18,19,20,21)/t7-,8-/m1/s1. The lowest BCUT2D eigenvalue weighted by Gasteiger charge is -2.19. The Labute approximate surface area is 130 Å². The van der Waals surface area contributed by atoms with E-state index in [0.29, 0.717) is 31.8 Å². The van der Waals surface area contributed by atoms with Crippen molar-refractivity contribution in [3.63, 3.8) is 0 Å². The Bertz CT molecular complexity index is 688. The molecule has 0 aliphatic carbocycles. The van der Waals surface area contributed by atoms with Crippen LogP contribution < -0.4 is 10.6 Å². The van der Waals surface area contributed by atoms with E-state index in [1.165, 1.54) is 6.33 Å². The molecule has 0 bridgehead atoms. The van der Waals surface area contributed by atoms with Crippen molar-refractivity contribution >= 4 is 17.0 Å². The number of nitrogens with zero attached hydrogens (tertiary/aromatic N) is 4. The van der Waals surface area contributed by atoms with Crippen LogP contribution in [-0.2, 0) is 10.9 Å². The molecule has 3 N–H and O–H groups in total. The summed E-state index contributed by atoms with van der Waals surface area (Å²) in [6, 6.07) is 0. The maximum absolute atomic E-state index is 13.0. The van der Waals surface area contributed by atoms with Gasteiger partial charge in [0, 0.05) is 25.6 Å². The number of anilines is 1. The van der Waals surface area contributed by atoms with E-state index in [1.54, 1.807) is 4.90 Å². The van der Waals surface area contributed by atoms with Crippen molar-refractivity contribution < 1.29 is 17.9 Å². The Kier molecular flexibility index (Phi) is 4.11. The maximum Gasteiger partial charge on any atom is 0.451 e. The van der Waals surface area contributed by atoms with E-state index in [4.69, 9.17) is 10.5 Å². The van der Waals surface area contributed by atoms with Gasteiger partial charge in [-0.2, -0.15) is 13.2 Å². The van der Waals surface area contributed by atoms with Gasteiger partial charge >= 0.3 is 6.18 Å². The number of aromatic amines is 1. The van der Waals surface area contributed by atoms with Crippen LogP contribution in [0, 0.1) is 5.92 Å². The average molecular weight is 330 g/mol. The number of H-pyrrole nitrogens is 1. The fraction of sp³-hybridized carbons (Fsp3) is 0.615. The number of fused-ring (bicyclic) bond motifs is 1. The molecule has 3 heterocycles. The molecule has 0 radical (unpaired) electrons. The lowest BCUT2D eigenvalue weighted by Crippen LogP contribution is -2.28. The Hall–Kier alpha value is -1.94. The molecule has 126 valence electrons. The van der Waals surface area contributed by atoms with Crippen molar-refractivity contribution in [3.8, 4) is 0 Å². The SMILES string of the molecule is CCO[C@@H]1CN(c2nc(C(F)(F)F)nc3nc[nH]c23)C[C@H]1CN. The molecule has 23 heavy (non-hydrogen) atoms. The number of aromatic nitrogens is 4. The Morgan fingerprint density at radius 1 is 1.39 bits per heavy atom. The van der Waals surface area contributed by atoms with Gasteiger partial charge in [0.15, 0.2) is 11.5 Å². The number of alkyl halides is 3. The van der Waals surface area contributed by atoms with Crippen LogP contribution in [0.1, 0.15) is 12.7 Å². The van der Waals surface area contributed by atoms with Crippen LogP contribution in [-0.4, -0.2) is 52.3 Å². The molecule has 1 fully saturated rings. The van der Waals surface area contributed by atoms with Gasteiger partial charge in [-0.1, -0.05) is 0 Å². The van der Waals surface area contributed by atoms with E-state index in [2.05, 4.69) is 19.9 Å². The molecule has 1 saturated heterocycles. The van der Waals surface area contributed by atoms with Crippen LogP contribution in [0.15, 0.2) is 6.33 Å². The summed E-state index contributed by atoms with van der Waals surface area (Å²) in [6.45, 7) is 3.69. The zero-order chi connectivity index (χ0) is 16.6. The number of imidazole rings is 1. The first-order valence-corrected chi connectivity index (χ1v) is 7.29. The van der Waals surface area contributed by atoms with Gasteiger partial charge in [-0.05, 0) is 13.5 Å². The molecule has 0 amide bonds. The van der Waals surface area contributed by atoms with Crippen molar-refractivity contribution in [2.45, 2.75) is 19.2 Å². The first kappa shape index (κ1) is 15.9. The summed E-state index contributed by atoms with van der Waals surface area (Å²) in [4.78, 5) is 15.6. The van der Waals surface area contributed by atoms with Gasteiger partial charge in [0.2, 0.25) is 5.82 Å². The highest BCUT2D eigenvalue weighted by atomic mass is 19.4. The summed E-state index contributed by atoms with van der Waals surface area (Å²) in [6.07, 6.45) is -3.46. The number of nitrogens with two attached hydrogens (primary N) is 1. The van der Waals surface area contributed by atoms with E-state index in [-0.39, 0.29) is 23.5 Å². The number of ether oxygens (including phenoxy) is 1. The summed E-state index contributed by atoms with van der Waals surface area (Å²) in [5.74, 6) is -0.978. The normalized spacial score (nSPS) is 22.2. The minimum atomic E-state index is -4.63. The molecule has 1 aliphatic rings. The summed E-state index contributed by atoms with van der Waals surface area (Å²) in [5.41, 5.74) is 6.12. The van der Waals surface area contributed by atoms with E-state index < -0.39 is 12.0 Å². The second-order valence-corrected chi connectivity index (χ2v) is 5.36. The number of rotatable bonds is 4. The third-order valence-corrected chi connectivity index (χ3v) is 3.88. The first-order chi connectivity index (χ1) is 10.9. The molecule has 7 nitrogen and oxygen atoms in total. The summed E-state index contributed by atoms with van der Waals surface area (Å²) >= 11 is 0. The lowest BCUT2D eigenvalue weighted by molar-refractivity contribution is -0.144. The molecule has 0 saturated carbocycles. The van der Waals surface area contributed by atoms with E-state index >= 15 is 0 Å². The van der Waals surface area contributed by atoms with Crippen molar-refractivity contribution in [1.29, 1.82) is 0 Å². The van der Waals surface area contributed by atoms with Crippen LogP contribution in [0.3, 0.4) is 0 Å². The molecule has 2 atom stereocenters. The van der Waals surface area contributed by atoms with Gasteiger partial charge in [-0.3, -0.25) is 0 Å². The molecule has 2 aromatic heterocycles. The minimum Gasteiger partial charge on any atom is -0.376 e. The van der Waals surface area contributed by atoms with Gasteiger partial charge in [-0.25, -0.2) is 15.0 Å². The lowest BCUT2D eigenvalue weighted by atomic mass is 10.1. The van der Waals surface area contributed by atoms with Gasteiger partial charge in [0.05, 0.1) is 12.4 Å². The molecule has 2 aromatic rings. The number of nitrogens with one attached hydrogen (secondary N) is 1. The quantitative estimate of drug-likeness (QED) is 0.874. The van der Waals surface area contributed by atoms with Gasteiger partial charge in [-0.15, -0.1) is 0 Å². The molecule has 10 heteroatoms. The minimum absolute atomic E-state index is 0.00789. The van der Waals surface area contributed by atoms with Gasteiger partial charge < -0.3 is 20.4 Å². The predicted molar refractivity (Wildman–Crippen MR) is 76.9 cm³/mol. The van der Waals surface area contributed by atoms with Crippen molar-refractivity contribution in [2.24, 2.45) is 11.7 Å². The monoisotopic (exact) mass is 330 g/mol. The fourth-order valence-electron chi connectivity index (χ4n) is 2.82. The molecule has 3 rings (SSSR count). The largest absolute Gasteiger partial charge is 0.451 e. The second-order valence-electron chi connectivity index (χ2n) is 5.36. The zero-order valence-electron chi connectivity index (χ0n) is 12.5. The third kappa shape index (κ3) is 2.95. The smallest absolute Gasteiger partial charge is 0.376 e. The molecule has 0 aromatic carbocycles.